The highest BCUT2D eigenvalue weighted by atomic mass is 32.2. The van der Waals surface area contributed by atoms with Crippen LogP contribution in [0.2, 0.25) is 0 Å². The summed E-state index contributed by atoms with van der Waals surface area (Å²) < 4.78 is 11.5. The van der Waals surface area contributed by atoms with Crippen LogP contribution in [-0.4, -0.2) is 11.2 Å². The predicted octanol–water partition coefficient (Wildman–Crippen LogP) is 5.94. The van der Waals surface area contributed by atoms with Crippen molar-refractivity contribution in [1.82, 2.24) is 4.98 Å². The summed E-state index contributed by atoms with van der Waals surface area (Å²) in [5, 5.41) is 3.54. The van der Waals surface area contributed by atoms with E-state index in [1.165, 1.54) is 30.4 Å². The molecule has 0 amide bonds. The van der Waals surface area contributed by atoms with Crippen LogP contribution in [-0.2, 0) is 6.61 Å². The second-order valence-electron chi connectivity index (χ2n) is 6.54. The fourth-order valence-corrected chi connectivity index (χ4v) is 3.29. The van der Waals surface area contributed by atoms with Gasteiger partial charge >= 0.3 is 0 Å². The van der Waals surface area contributed by atoms with Crippen LogP contribution in [0.5, 0.6) is 11.5 Å². The van der Waals surface area contributed by atoms with Crippen LogP contribution in [0.25, 0.3) is 0 Å². The lowest BCUT2D eigenvalue weighted by atomic mass is 10.1. The number of aromatic nitrogens is 1. The summed E-state index contributed by atoms with van der Waals surface area (Å²) in [5.41, 5.74) is 4.39. The minimum Gasteiger partial charge on any atom is -0.487 e. The van der Waals surface area contributed by atoms with E-state index in [1.807, 2.05) is 48.7 Å². The maximum atomic E-state index is 5.95. The molecule has 1 aliphatic rings. The van der Waals surface area contributed by atoms with Crippen LogP contribution < -0.4 is 14.2 Å². The maximum absolute atomic E-state index is 5.95. The summed E-state index contributed by atoms with van der Waals surface area (Å²) in [6.45, 7) is 0.478. The minimum absolute atomic E-state index is 0.478. The number of nitrogens with zero attached hydrogens (tertiary/aromatic N) is 1. The number of benzene rings is 2. The Hall–Kier alpha value is -2.66. The van der Waals surface area contributed by atoms with E-state index >= 15 is 0 Å². The molecule has 1 fully saturated rings. The van der Waals surface area contributed by atoms with Gasteiger partial charge in [0.2, 0.25) is 0 Å². The molecule has 0 atom stereocenters. The lowest BCUT2D eigenvalue weighted by Crippen LogP contribution is -2.00. The Morgan fingerprint density at radius 2 is 1.96 bits per heavy atom. The topological polar surface area (TPSA) is 43.4 Å². The molecule has 3 aromatic rings. The molecule has 1 aromatic heterocycles. The number of ether oxygens (including phenoxy) is 1. The molecule has 0 unspecified atom stereocenters. The minimum atomic E-state index is 0.478. The van der Waals surface area contributed by atoms with E-state index in [1.54, 1.807) is 6.20 Å². The smallest absolute Gasteiger partial charge is 0.139 e. The van der Waals surface area contributed by atoms with Crippen molar-refractivity contribution in [1.29, 1.82) is 0 Å². The zero-order valence-electron chi connectivity index (χ0n) is 15.2. The maximum Gasteiger partial charge on any atom is 0.139 e. The Balaban J connectivity index is 1.50. The third kappa shape index (κ3) is 4.74. The number of pyridine rings is 1. The summed E-state index contributed by atoms with van der Waals surface area (Å²) in [7, 11) is 0. The van der Waals surface area contributed by atoms with Gasteiger partial charge in [0.05, 0.1) is 17.7 Å². The molecule has 4 nitrogen and oxygen atoms in total. The summed E-state index contributed by atoms with van der Waals surface area (Å²) in [5.74, 6) is 2.33. The summed E-state index contributed by atoms with van der Waals surface area (Å²) >= 11 is 1.34. The second-order valence-corrected chi connectivity index (χ2v) is 7.04. The van der Waals surface area contributed by atoms with Crippen LogP contribution in [0.4, 0.5) is 11.4 Å². The number of anilines is 2. The lowest BCUT2D eigenvalue weighted by molar-refractivity contribution is 0.301. The van der Waals surface area contributed by atoms with Crippen molar-refractivity contribution < 1.29 is 8.92 Å². The van der Waals surface area contributed by atoms with Crippen molar-refractivity contribution in [2.24, 2.45) is 0 Å². The average molecular weight is 378 g/mol. The van der Waals surface area contributed by atoms with Crippen LogP contribution in [0.3, 0.4) is 0 Å². The van der Waals surface area contributed by atoms with Gasteiger partial charge in [0, 0.05) is 29.9 Å². The number of rotatable bonds is 8. The highest BCUT2D eigenvalue weighted by Gasteiger charge is 2.26. The second kappa shape index (κ2) is 8.35. The van der Waals surface area contributed by atoms with Gasteiger partial charge < -0.3 is 14.2 Å². The van der Waals surface area contributed by atoms with Crippen LogP contribution >= 0.6 is 12.0 Å². The molecule has 0 saturated heterocycles. The Kier molecular flexibility index (Phi) is 5.49. The van der Waals surface area contributed by atoms with Gasteiger partial charge in [-0.05, 0) is 66.8 Å². The van der Waals surface area contributed by atoms with E-state index in [0.717, 1.165) is 28.6 Å². The van der Waals surface area contributed by atoms with Gasteiger partial charge in [-0.2, -0.15) is 0 Å². The molecule has 2 aromatic carbocycles. The molecule has 5 heteroatoms. The van der Waals surface area contributed by atoms with E-state index in [9.17, 15) is 0 Å². The predicted molar refractivity (Wildman–Crippen MR) is 111 cm³/mol. The largest absolute Gasteiger partial charge is 0.487 e. The summed E-state index contributed by atoms with van der Waals surface area (Å²) in [6.07, 6.45) is 6.16. The zero-order chi connectivity index (χ0) is 18.5. The molecule has 1 heterocycles. The van der Waals surface area contributed by atoms with Gasteiger partial charge in [-0.25, -0.2) is 0 Å². The van der Waals surface area contributed by atoms with Gasteiger partial charge in [0.1, 0.15) is 18.1 Å². The number of nitrogens with one attached hydrogen (secondary N) is 1. The first-order valence-electron chi connectivity index (χ1n) is 9.06. The fourth-order valence-electron chi connectivity index (χ4n) is 2.99. The van der Waals surface area contributed by atoms with Crippen molar-refractivity contribution in [3.63, 3.8) is 0 Å². The first-order chi connectivity index (χ1) is 13.3. The monoisotopic (exact) mass is 378 g/mol. The van der Waals surface area contributed by atoms with Crippen molar-refractivity contribution >= 4 is 23.4 Å². The standard InChI is InChI=1S/C22H22N2O2S/c1-27-26-20-7-4-6-17(13-20)24-22-11-10-19(14-21(22)16-8-9-16)25-15-18-5-2-3-12-23-18/h2-7,10-14,16,24H,8-9,15H2,1H3. The molecular weight excluding hydrogens is 356 g/mol. The molecule has 1 aliphatic carbocycles. The Morgan fingerprint density at radius 3 is 2.74 bits per heavy atom. The normalized spacial score (nSPS) is 13.2. The number of hydrogen-bond donors (Lipinski definition) is 1. The average Bonchev–Trinajstić information content (AvgIpc) is 3.54. The van der Waals surface area contributed by atoms with Gasteiger partial charge in [0.25, 0.3) is 0 Å². The fraction of sp³-hybridized carbons (Fsp3) is 0.227. The third-order valence-corrected chi connectivity index (χ3v) is 4.80. The highest BCUT2D eigenvalue weighted by molar-refractivity contribution is 7.94. The molecule has 1 saturated carbocycles. The van der Waals surface area contributed by atoms with Gasteiger partial charge in [0.15, 0.2) is 0 Å². The van der Waals surface area contributed by atoms with Gasteiger partial charge in [-0.3, -0.25) is 4.98 Å². The molecule has 27 heavy (non-hydrogen) atoms. The van der Waals surface area contributed by atoms with E-state index in [-0.39, 0.29) is 0 Å². The highest BCUT2D eigenvalue weighted by Crippen LogP contribution is 2.45. The van der Waals surface area contributed by atoms with Gasteiger partial charge in [-0.1, -0.05) is 12.1 Å². The molecule has 0 radical (unpaired) electrons. The van der Waals surface area contributed by atoms with Crippen molar-refractivity contribution in [2.45, 2.75) is 25.4 Å². The molecule has 0 aliphatic heterocycles. The van der Waals surface area contributed by atoms with Crippen LogP contribution in [0.15, 0.2) is 66.9 Å². The summed E-state index contributed by atoms with van der Waals surface area (Å²) in [6, 6.07) is 20.1. The zero-order valence-corrected chi connectivity index (χ0v) is 16.0. The van der Waals surface area contributed by atoms with Crippen molar-refractivity contribution in [3.05, 3.63) is 78.1 Å². The van der Waals surface area contributed by atoms with Gasteiger partial charge in [-0.15, -0.1) is 0 Å². The van der Waals surface area contributed by atoms with E-state index in [0.29, 0.717) is 12.5 Å². The van der Waals surface area contributed by atoms with E-state index < -0.39 is 0 Å². The lowest BCUT2D eigenvalue weighted by Gasteiger charge is -2.15. The third-order valence-electron chi connectivity index (χ3n) is 4.45. The first-order valence-corrected chi connectivity index (χ1v) is 10.2. The molecule has 0 spiro atoms. The molecule has 138 valence electrons. The van der Waals surface area contributed by atoms with Crippen LogP contribution in [0.1, 0.15) is 30.0 Å². The van der Waals surface area contributed by atoms with Crippen LogP contribution in [0, 0.1) is 0 Å². The van der Waals surface area contributed by atoms with Crippen molar-refractivity contribution in [2.75, 3.05) is 11.6 Å². The summed E-state index contributed by atoms with van der Waals surface area (Å²) in [4.78, 5) is 4.31. The molecule has 4 rings (SSSR count). The molecular formula is C22H22N2O2S. The molecule has 0 bridgehead atoms. The quantitative estimate of drug-likeness (QED) is 0.492. The Labute approximate surface area is 164 Å². The first kappa shape index (κ1) is 17.7. The molecule has 1 N–H and O–H groups in total. The van der Waals surface area contributed by atoms with E-state index in [4.69, 9.17) is 8.92 Å². The number of hydrogen-bond acceptors (Lipinski definition) is 5. The van der Waals surface area contributed by atoms with E-state index in [2.05, 4.69) is 28.5 Å². The Bertz CT molecular complexity index is 898. The Morgan fingerprint density at radius 1 is 1.04 bits per heavy atom. The SMILES string of the molecule is CSOc1cccc(Nc2ccc(OCc3ccccn3)cc2C2CC2)c1. The van der Waals surface area contributed by atoms with Crippen molar-refractivity contribution in [3.8, 4) is 11.5 Å².